The van der Waals surface area contributed by atoms with Crippen LogP contribution in [-0.4, -0.2) is 30.5 Å². The van der Waals surface area contributed by atoms with Gasteiger partial charge in [0.1, 0.15) is 0 Å². The fourth-order valence-electron chi connectivity index (χ4n) is 2.54. The zero-order valence-electron chi connectivity index (χ0n) is 13.2. The maximum absolute atomic E-state index is 4.05. The van der Waals surface area contributed by atoms with Crippen LogP contribution in [0.5, 0.6) is 0 Å². The van der Waals surface area contributed by atoms with Crippen LogP contribution in [0.1, 0.15) is 29.5 Å². The molecule has 2 rings (SSSR count). The van der Waals surface area contributed by atoms with Crippen LogP contribution in [0.25, 0.3) is 0 Å². The molecule has 3 nitrogen and oxygen atoms in total. The second-order valence-electron chi connectivity index (χ2n) is 5.73. The molecular formula is C18H25N3. The van der Waals surface area contributed by atoms with Crippen LogP contribution in [0.4, 0.5) is 0 Å². The largest absolute Gasteiger partial charge is 0.319 e. The number of hydrogen-bond acceptors (Lipinski definition) is 3. The number of rotatable bonds is 7. The molecule has 1 heterocycles. The average molecular weight is 283 g/mol. The Bertz CT molecular complexity index is 522. The molecule has 3 heteroatoms. The molecule has 2 aromatic rings. The first kappa shape index (κ1) is 15.7. The molecule has 21 heavy (non-hydrogen) atoms. The van der Waals surface area contributed by atoms with Gasteiger partial charge in [-0.2, -0.15) is 0 Å². The molecule has 0 fully saturated rings. The maximum atomic E-state index is 4.05. The molecule has 112 valence electrons. The van der Waals surface area contributed by atoms with Crippen LogP contribution >= 0.6 is 0 Å². The van der Waals surface area contributed by atoms with E-state index in [-0.39, 0.29) is 0 Å². The standard InChI is InChI=1S/C18H25N3/c1-15(12-19-2)18-6-4-16(5-7-18)13-21(3)14-17-8-10-20-11-9-17/h4-11,15,19H,12-14H2,1-3H3. The van der Waals surface area contributed by atoms with Gasteiger partial charge in [-0.15, -0.1) is 0 Å². The summed E-state index contributed by atoms with van der Waals surface area (Å²) in [6.45, 7) is 5.17. The number of pyridine rings is 1. The van der Waals surface area contributed by atoms with Crippen LogP contribution in [-0.2, 0) is 13.1 Å². The molecule has 1 atom stereocenters. The summed E-state index contributed by atoms with van der Waals surface area (Å²) in [7, 11) is 4.15. The smallest absolute Gasteiger partial charge is 0.0271 e. The van der Waals surface area contributed by atoms with E-state index in [0.29, 0.717) is 5.92 Å². The molecule has 0 amide bonds. The molecule has 1 aromatic heterocycles. The number of benzene rings is 1. The SMILES string of the molecule is CNCC(C)c1ccc(CN(C)Cc2ccncc2)cc1. The van der Waals surface area contributed by atoms with Crippen molar-refractivity contribution in [2.45, 2.75) is 25.9 Å². The highest BCUT2D eigenvalue weighted by Gasteiger charge is 2.05. The van der Waals surface area contributed by atoms with Gasteiger partial charge >= 0.3 is 0 Å². The Labute approximate surface area is 128 Å². The van der Waals surface area contributed by atoms with E-state index in [4.69, 9.17) is 0 Å². The summed E-state index contributed by atoms with van der Waals surface area (Å²) in [5.41, 5.74) is 4.05. The Kier molecular flexibility index (Phi) is 5.90. The highest BCUT2D eigenvalue weighted by atomic mass is 15.1. The lowest BCUT2D eigenvalue weighted by Gasteiger charge is -2.17. The van der Waals surface area contributed by atoms with Crippen LogP contribution in [0, 0.1) is 0 Å². The van der Waals surface area contributed by atoms with Gasteiger partial charge in [-0.1, -0.05) is 31.2 Å². The van der Waals surface area contributed by atoms with Gasteiger partial charge in [-0.25, -0.2) is 0 Å². The normalized spacial score (nSPS) is 12.6. The van der Waals surface area contributed by atoms with Crippen LogP contribution in [0.3, 0.4) is 0 Å². The van der Waals surface area contributed by atoms with E-state index < -0.39 is 0 Å². The summed E-state index contributed by atoms with van der Waals surface area (Å²) in [6.07, 6.45) is 3.70. The van der Waals surface area contributed by atoms with Gasteiger partial charge in [0, 0.05) is 32.0 Å². The van der Waals surface area contributed by atoms with Gasteiger partial charge in [0.25, 0.3) is 0 Å². The van der Waals surface area contributed by atoms with Crippen molar-refractivity contribution in [1.29, 1.82) is 0 Å². The molecule has 0 saturated heterocycles. The van der Waals surface area contributed by atoms with Gasteiger partial charge in [-0.3, -0.25) is 9.88 Å². The highest BCUT2D eigenvalue weighted by molar-refractivity contribution is 5.25. The summed E-state index contributed by atoms with van der Waals surface area (Å²) < 4.78 is 0. The Morgan fingerprint density at radius 1 is 1.00 bits per heavy atom. The molecular weight excluding hydrogens is 258 g/mol. The van der Waals surface area contributed by atoms with Crippen molar-refractivity contribution in [3.05, 3.63) is 65.5 Å². The predicted octanol–water partition coefficient (Wildman–Crippen LogP) is 3.04. The van der Waals surface area contributed by atoms with Crippen molar-refractivity contribution in [3.8, 4) is 0 Å². The predicted molar refractivity (Wildman–Crippen MR) is 88.2 cm³/mol. The fraction of sp³-hybridized carbons (Fsp3) is 0.389. The van der Waals surface area contributed by atoms with Crippen molar-refractivity contribution < 1.29 is 0 Å². The first-order chi connectivity index (χ1) is 10.2. The molecule has 0 bridgehead atoms. The summed E-state index contributed by atoms with van der Waals surface area (Å²) >= 11 is 0. The van der Waals surface area contributed by atoms with E-state index in [1.807, 2.05) is 19.4 Å². The molecule has 0 radical (unpaired) electrons. The molecule has 0 aliphatic rings. The lowest BCUT2D eigenvalue weighted by atomic mass is 10.00. The van der Waals surface area contributed by atoms with E-state index in [2.05, 4.69) is 65.6 Å². The molecule has 0 aliphatic carbocycles. The quantitative estimate of drug-likeness (QED) is 0.846. The van der Waals surface area contributed by atoms with Gasteiger partial charge in [-0.05, 0) is 48.8 Å². The average Bonchev–Trinajstić information content (AvgIpc) is 2.49. The van der Waals surface area contributed by atoms with Gasteiger partial charge in [0.15, 0.2) is 0 Å². The van der Waals surface area contributed by atoms with Crippen molar-refractivity contribution in [2.75, 3.05) is 20.6 Å². The molecule has 0 aliphatic heterocycles. The van der Waals surface area contributed by atoms with E-state index in [1.165, 1.54) is 16.7 Å². The molecule has 1 unspecified atom stereocenters. The molecule has 1 aromatic carbocycles. The number of aromatic nitrogens is 1. The van der Waals surface area contributed by atoms with E-state index in [0.717, 1.165) is 19.6 Å². The van der Waals surface area contributed by atoms with Gasteiger partial charge in [0.05, 0.1) is 0 Å². The van der Waals surface area contributed by atoms with E-state index in [9.17, 15) is 0 Å². The summed E-state index contributed by atoms with van der Waals surface area (Å²) in [4.78, 5) is 6.38. The lowest BCUT2D eigenvalue weighted by Crippen LogP contribution is -2.17. The molecule has 0 saturated carbocycles. The van der Waals surface area contributed by atoms with Crippen molar-refractivity contribution >= 4 is 0 Å². The number of nitrogens with zero attached hydrogens (tertiary/aromatic N) is 2. The Morgan fingerprint density at radius 2 is 1.57 bits per heavy atom. The zero-order valence-corrected chi connectivity index (χ0v) is 13.2. The first-order valence-corrected chi connectivity index (χ1v) is 7.50. The first-order valence-electron chi connectivity index (χ1n) is 7.50. The second kappa shape index (κ2) is 7.91. The Balaban J connectivity index is 1.90. The number of likely N-dealkylation sites (N-methyl/N-ethyl adjacent to an activating group) is 1. The second-order valence-corrected chi connectivity index (χ2v) is 5.73. The minimum absolute atomic E-state index is 0.554. The van der Waals surface area contributed by atoms with E-state index in [1.54, 1.807) is 0 Å². The van der Waals surface area contributed by atoms with Crippen molar-refractivity contribution in [3.63, 3.8) is 0 Å². The third kappa shape index (κ3) is 4.96. The Hall–Kier alpha value is -1.71. The minimum atomic E-state index is 0.554. The van der Waals surface area contributed by atoms with Crippen molar-refractivity contribution in [2.24, 2.45) is 0 Å². The monoisotopic (exact) mass is 283 g/mol. The summed E-state index contributed by atoms with van der Waals surface area (Å²) in [5, 5.41) is 3.23. The maximum Gasteiger partial charge on any atom is 0.0271 e. The van der Waals surface area contributed by atoms with Gasteiger partial charge in [0.2, 0.25) is 0 Å². The topological polar surface area (TPSA) is 28.2 Å². The summed E-state index contributed by atoms with van der Waals surface area (Å²) in [5.74, 6) is 0.554. The van der Waals surface area contributed by atoms with Gasteiger partial charge < -0.3 is 5.32 Å². The van der Waals surface area contributed by atoms with Crippen LogP contribution < -0.4 is 5.32 Å². The van der Waals surface area contributed by atoms with Crippen LogP contribution in [0.2, 0.25) is 0 Å². The number of hydrogen-bond donors (Lipinski definition) is 1. The fourth-order valence-corrected chi connectivity index (χ4v) is 2.54. The molecule has 0 spiro atoms. The number of nitrogens with one attached hydrogen (secondary N) is 1. The zero-order chi connectivity index (χ0) is 15.1. The third-order valence-corrected chi connectivity index (χ3v) is 3.71. The lowest BCUT2D eigenvalue weighted by molar-refractivity contribution is 0.319. The molecule has 1 N–H and O–H groups in total. The summed E-state index contributed by atoms with van der Waals surface area (Å²) in [6, 6.07) is 13.1. The van der Waals surface area contributed by atoms with Crippen molar-refractivity contribution in [1.82, 2.24) is 15.2 Å². The third-order valence-electron chi connectivity index (χ3n) is 3.71. The Morgan fingerprint density at radius 3 is 2.14 bits per heavy atom. The minimum Gasteiger partial charge on any atom is -0.319 e. The highest BCUT2D eigenvalue weighted by Crippen LogP contribution is 2.16. The van der Waals surface area contributed by atoms with Crippen LogP contribution in [0.15, 0.2) is 48.8 Å². The van der Waals surface area contributed by atoms with E-state index >= 15 is 0 Å².